The molecule has 0 amide bonds. The zero-order valence-electron chi connectivity index (χ0n) is 5.98. The van der Waals surface area contributed by atoms with Crippen LogP contribution in [0.5, 0.6) is 0 Å². The summed E-state index contributed by atoms with van der Waals surface area (Å²) < 4.78 is 0.382. The molecule has 2 rings (SSSR count). The van der Waals surface area contributed by atoms with Crippen LogP contribution in [0.1, 0.15) is 0 Å². The SMILES string of the molecule is Nc1ncnc2[n-]c(=S)[nH]c12.[Y]. The molecule has 0 bridgehead atoms. The van der Waals surface area contributed by atoms with Crippen LogP contribution in [0.2, 0.25) is 0 Å². The van der Waals surface area contributed by atoms with Crippen molar-refractivity contribution in [3.63, 3.8) is 0 Å². The van der Waals surface area contributed by atoms with Crippen LogP contribution in [-0.4, -0.2) is 15.0 Å². The fourth-order valence-corrected chi connectivity index (χ4v) is 1.01. The van der Waals surface area contributed by atoms with Gasteiger partial charge < -0.3 is 20.7 Å². The van der Waals surface area contributed by atoms with E-state index in [0.717, 1.165) is 0 Å². The molecular weight excluding hydrogens is 251 g/mol. The summed E-state index contributed by atoms with van der Waals surface area (Å²) in [5.41, 5.74) is 6.63. The zero-order valence-corrected chi connectivity index (χ0v) is 9.64. The number of nitrogens with one attached hydrogen (secondary N) is 1. The van der Waals surface area contributed by atoms with Gasteiger partial charge in [-0.05, 0) is 0 Å². The van der Waals surface area contributed by atoms with Crippen molar-refractivity contribution in [3.8, 4) is 0 Å². The number of rotatable bonds is 0. The van der Waals surface area contributed by atoms with Crippen molar-refractivity contribution in [1.82, 2.24) is 19.9 Å². The minimum atomic E-state index is 0. The Morgan fingerprint density at radius 3 is 2.92 bits per heavy atom. The van der Waals surface area contributed by atoms with Crippen molar-refractivity contribution in [3.05, 3.63) is 11.1 Å². The summed E-state index contributed by atoms with van der Waals surface area (Å²) in [6.07, 6.45) is 1.35. The first-order valence-corrected chi connectivity index (χ1v) is 3.31. The quantitative estimate of drug-likeness (QED) is 0.658. The van der Waals surface area contributed by atoms with Crippen LogP contribution in [0.3, 0.4) is 0 Å². The van der Waals surface area contributed by atoms with E-state index in [2.05, 4.69) is 19.9 Å². The smallest absolute Gasteiger partial charge is 0.133 e. The van der Waals surface area contributed by atoms with E-state index in [1.165, 1.54) is 6.33 Å². The van der Waals surface area contributed by atoms with Gasteiger partial charge in [0.2, 0.25) is 0 Å². The van der Waals surface area contributed by atoms with Crippen LogP contribution < -0.4 is 10.7 Å². The predicted molar refractivity (Wildman–Crippen MR) is 42.5 cm³/mol. The van der Waals surface area contributed by atoms with Gasteiger partial charge >= 0.3 is 0 Å². The summed E-state index contributed by atoms with van der Waals surface area (Å²) in [5.74, 6) is 0.374. The number of fused-ring (bicyclic) bond motifs is 1. The Hall–Kier alpha value is -0.326. The topological polar surface area (TPSA) is 81.7 Å². The maximum absolute atomic E-state index is 5.50. The molecule has 1 radical (unpaired) electrons. The van der Waals surface area contributed by atoms with E-state index in [1.807, 2.05) is 0 Å². The number of nitrogens with two attached hydrogens (primary N) is 1. The average molecular weight is 255 g/mol. The van der Waals surface area contributed by atoms with Gasteiger partial charge in [0, 0.05) is 50.2 Å². The van der Waals surface area contributed by atoms with Crippen molar-refractivity contribution in [2.75, 3.05) is 5.73 Å². The van der Waals surface area contributed by atoms with Crippen molar-refractivity contribution >= 4 is 29.2 Å². The number of hydrogen-bond acceptors (Lipinski definition) is 4. The largest absolute Gasteiger partial charge is 0.401 e. The Kier molecular flexibility index (Phi) is 2.92. The van der Waals surface area contributed by atoms with Gasteiger partial charge in [0.1, 0.15) is 5.82 Å². The minimum absolute atomic E-state index is 0. The number of aromatic nitrogens is 4. The second kappa shape index (κ2) is 3.59. The molecule has 0 aliphatic heterocycles. The molecule has 3 N–H and O–H groups in total. The third kappa shape index (κ3) is 1.55. The van der Waals surface area contributed by atoms with Gasteiger partial charge in [-0.15, -0.1) is 0 Å². The maximum Gasteiger partial charge on any atom is 0.133 e. The van der Waals surface area contributed by atoms with Crippen molar-refractivity contribution in [2.45, 2.75) is 0 Å². The first-order valence-electron chi connectivity index (χ1n) is 2.90. The molecule has 0 saturated carbocycles. The van der Waals surface area contributed by atoms with Crippen molar-refractivity contribution in [1.29, 1.82) is 0 Å². The molecule has 2 heterocycles. The Morgan fingerprint density at radius 1 is 1.50 bits per heavy atom. The molecule has 59 valence electrons. The molecule has 0 atom stereocenters. The van der Waals surface area contributed by atoms with E-state index < -0.39 is 0 Å². The number of nitrogens with zero attached hydrogens (tertiary/aromatic N) is 3. The molecule has 0 aliphatic carbocycles. The van der Waals surface area contributed by atoms with Crippen LogP contribution in [-0.2, 0) is 32.7 Å². The van der Waals surface area contributed by atoms with Gasteiger partial charge in [-0.25, -0.2) is 4.98 Å². The molecule has 12 heavy (non-hydrogen) atoms. The first kappa shape index (κ1) is 9.76. The van der Waals surface area contributed by atoms with E-state index >= 15 is 0 Å². The number of hydrogen-bond donors (Lipinski definition) is 2. The van der Waals surface area contributed by atoms with E-state index in [4.69, 9.17) is 18.0 Å². The van der Waals surface area contributed by atoms with Crippen LogP contribution in [0.4, 0.5) is 5.82 Å². The normalized spacial score (nSPS) is 9.67. The van der Waals surface area contributed by atoms with Gasteiger partial charge in [0.05, 0.1) is 4.77 Å². The number of aromatic amines is 1. The predicted octanol–water partition coefficient (Wildman–Crippen LogP) is 0.224. The van der Waals surface area contributed by atoms with Gasteiger partial charge in [-0.3, -0.25) is 0 Å². The number of H-pyrrole nitrogens is 1. The molecule has 0 spiro atoms. The monoisotopic (exact) mass is 255 g/mol. The summed E-state index contributed by atoms with van der Waals surface area (Å²) in [6, 6.07) is 0. The molecule has 2 aromatic heterocycles. The maximum atomic E-state index is 5.50. The van der Waals surface area contributed by atoms with Gasteiger partial charge in [0.15, 0.2) is 0 Å². The van der Waals surface area contributed by atoms with E-state index in [9.17, 15) is 0 Å². The van der Waals surface area contributed by atoms with Crippen molar-refractivity contribution in [2.24, 2.45) is 0 Å². The third-order valence-corrected chi connectivity index (χ3v) is 1.49. The van der Waals surface area contributed by atoms with Gasteiger partial charge in [0.25, 0.3) is 0 Å². The van der Waals surface area contributed by atoms with E-state index in [0.29, 0.717) is 21.8 Å². The molecule has 5 nitrogen and oxygen atoms in total. The fraction of sp³-hybridized carbons (Fsp3) is 0. The summed E-state index contributed by atoms with van der Waals surface area (Å²) in [6.45, 7) is 0. The minimum Gasteiger partial charge on any atom is -0.401 e. The number of anilines is 1. The molecule has 0 aromatic carbocycles. The number of imidazole rings is 1. The Labute approximate surface area is 98.1 Å². The Morgan fingerprint density at radius 2 is 2.25 bits per heavy atom. The average Bonchev–Trinajstić information content (AvgIpc) is 2.31. The summed E-state index contributed by atoms with van der Waals surface area (Å²) in [4.78, 5) is 14.3. The number of nitrogen functional groups attached to an aromatic ring is 1. The molecule has 0 saturated heterocycles. The molecule has 0 fully saturated rings. The van der Waals surface area contributed by atoms with Crippen LogP contribution in [0.15, 0.2) is 6.33 Å². The molecule has 0 aliphatic rings. The molecule has 0 unspecified atom stereocenters. The van der Waals surface area contributed by atoms with E-state index in [1.54, 1.807) is 0 Å². The first-order chi connectivity index (χ1) is 5.27. The van der Waals surface area contributed by atoms with Crippen LogP contribution in [0, 0.1) is 4.77 Å². The second-order valence-electron chi connectivity index (χ2n) is 2.00. The summed E-state index contributed by atoms with van der Waals surface area (Å²) >= 11 is 4.78. The van der Waals surface area contributed by atoms with E-state index in [-0.39, 0.29) is 32.7 Å². The molecular formula is C5H4N5SY-. The Balaban J connectivity index is 0.000000720. The van der Waals surface area contributed by atoms with Gasteiger partial charge in [-0.2, -0.15) is 0 Å². The Bertz CT molecular complexity index is 446. The summed E-state index contributed by atoms with van der Waals surface area (Å²) in [7, 11) is 0. The standard InChI is InChI=1S/C5H5N5S.Y/c6-3-2-4(8-1-7-3)10-5(11)9-2;/h1H,(H4,6,7,8,9,10,11);/p-1. The second-order valence-corrected chi connectivity index (χ2v) is 2.39. The van der Waals surface area contributed by atoms with Gasteiger partial charge in [-0.1, -0.05) is 12.2 Å². The van der Waals surface area contributed by atoms with Crippen molar-refractivity contribution < 1.29 is 32.7 Å². The summed E-state index contributed by atoms with van der Waals surface area (Å²) in [5, 5.41) is 0. The fourth-order valence-electron chi connectivity index (χ4n) is 0.825. The molecule has 2 aromatic rings. The van der Waals surface area contributed by atoms with Crippen LogP contribution >= 0.6 is 12.2 Å². The van der Waals surface area contributed by atoms with Crippen LogP contribution in [0.25, 0.3) is 11.2 Å². The zero-order chi connectivity index (χ0) is 7.84. The molecule has 7 heteroatoms. The third-order valence-electron chi connectivity index (χ3n) is 1.30.